The van der Waals surface area contributed by atoms with Crippen molar-refractivity contribution >= 4 is 34.4 Å². The molecule has 0 bridgehead atoms. The van der Waals surface area contributed by atoms with Crippen molar-refractivity contribution in [3.05, 3.63) is 75.2 Å². The lowest BCUT2D eigenvalue weighted by Crippen LogP contribution is -2.71. The predicted molar refractivity (Wildman–Crippen MR) is 158 cm³/mol. The predicted octanol–water partition coefficient (Wildman–Crippen LogP) is 4.65. The SMILES string of the molecule is Cc1ccnc(C(C)C)c1-n1c(=O)nc(N2CCCC3C2CN3C(=O)C2CO2)c2cc(Cl)c(-c3ccccc3F)nc21. The minimum atomic E-state index is -0.509. The zero-order valence-corrected chi connectivity index (χ0v) is 24.3. The maximum absolute atomic E-state index is 15.0. The number of halogens is 2. The maximum Gasteiger partial charge on any atom is 0.355 e. The van der Waals surface area contributed by atoms with Gasteiger partial charge in [-0.3, -0.25) is 9.78 Å². The van der Waals surface area contributed by atoms with Crippen molar-refractivity contribution in [3.63, 3.8) is 0 Å². The molecule has 216 valence electrons. The number of benzene rings is 1. The number of hydrogen-bond donors (Lipinski definition) is 0. The zero-order chi connectivity index (χ0) is 29.3. The summed E-state index contributed by atoms with van der Waals surface area (Å²) in [6.07, 6.45) is 3.10. The summed E-state index contributed by atoms with van der Waals surface area (Å²) in [6, 6.07) is 9.90. The topological polar surface area (TPSA) is 96.8 Å². The number of likely N-dealkylation sites (tertiary alicyclic amines) is 1. The number of anilines is 1. The highest BCUT2D eigenvalue weighted by molar-refractivity contribution is 6.33. The fourth-order valence-electron chi connectivity index (χ4n) is 6.36. The Morgan fingerprint density at radius 3 is 2.69 bits per heavy atom. The van der Waals surface area contributed by atoms with Gasteiger partial charge in [0.05, 0.1) is 46.2 Å². The summed E-state index contributed by atoms with van der Waals surface area (Å²) in [7, 11) is 0. The summed E-state index contributed by atoms with van der Waals surface area (Å²) in [5.74, 6) is 0.0425. The molecule has 3 atom stereocenters. The van der Waals surface area contributed by atoms with Crippen LogP contribution in [0.25, 0.3) is 28.0 Å². The summed E-state index contributed by atoms with van der Waals surface area (Å²) in [4.78, 5) is 45.0. The molecule has 3 aliphatic heterocycles. The number of carbonyl (C=O) groups excluding carboxylic acids is 1. The molecule has 0 spiro atoms. The van der Waals surface area contributed by atoms with Crippen LogP contribution < -0.4 is 10.6 Å². The van der Waals surface area contributed by atoms with Crippen LogP contribution in [0.2, 0.25) is 5.02 Å². The molecule has 3 saturated heterocycles. The molecule has 7 rings (SSSR count). The lowest BCUT2D eigenvalue weighted by Gasteiger charge is -2.55. The van der Waals surface area contributed by atoms with Crippen molar-refractivity contribution in [2.45, 2.75) is 57.7 Å². The summed E-state index contributed by atoms with van der Waals surface area (Å²) < 4.78 is 21.7. The van der Waals surface area contributed by atoms with Crippen LogP contribution in [0.15, 0.2) is 47.4 Å². The highest BCUT2D eigenvalue weighted by Crippen LogP contribution is 2.40. The fraction of sp³-hybridized carbons (Fsp3) is 0.387. The quantitative estimate of drug-likeness (QED) is 0.313. The lowest BCUT2D eigenvalue weighted by atomic mass is 9.86. The molecule has 3 aliphatic rings. The first-order chi connectivity index (χ1) is 20.2. The second-order valence-corrected chi connectivity index (χ2v) is 11.9. The van der Waals surface area contributed by atoms with E-state index in [9.17, 15) is 14.0 Å². The summed E-state index contributed by atoms with van der Waals surface area (Å²) in [5.41, 5.74) is 2.47. The molecule has 9 nitrogen and oxygen atoms in total. The van der Waals surface area contributed by atoms with E-state index < -0.39 is 11.5 Å². The summed E-state index contributed by atoms with van der Waals surface area (Å²) in [5, 5.41) is 0.825. The Morgan fingerprint density at radius 1 is 1.17 bits per heavy atom. The van der Waals surface area contributed by atoms with Crippen LogP contribution in [-0.2, 0) is 9.53 Å². The molecule has 3 unspecified atom stereocenters. The monoisotopic (exact) mass is 588 g/mol. The summed E-state index contributed by atoms with van der Waals surface area (Å²) in [6.45, 7) is 7.62. The maximum atomic E-state index is 15.0. The van der Waals surface area contributed by atoms with Crippen molar-refractivity contribution in [1.29, 1.82) is 0 Å². The highest BCUT2D eigenvalue weighted by Gasteiger charge is 2.51. The first kappa shape index (κ1) is 27.0. The van der Waals surface area contributed by atoms with Crippen LogP contribution in [0, 0.1) is 12.7 Å². The van der Waals surface area contributed by atoms with Gasteiger partial charge in [0.25, 0.3) is 5.91 Å². The molecule has 0 aliphatic carbocycles. The molecule has 11 heteroatoms. The molecule has 6 heterocycles. The minimum Gasteiger partial charge on any atom is -0.363 e. The number of ether oxygens (including phenoxy) is 1. The van der Waals surface area contributed by atoms with Gasteiger partial charge < -0.3 is 14.5 Å². The van der Waals surface area contributed by atoms with E-state index in [1.165, 1.54) is 10.6 Å². The molecule has 42 heavy (non-hydrogen) atoms. The Bertz CT molecular complexity index is 1810. The Hall–Kier alpha value is -3.89. The Balaban J connectivity index is 1.45. The number of amides is 1. The number of epoxide rings is 1. The number of carbonyl (C=O) groups is 1. The number of hydrogen-bond acceptors (Lipinski definition) is 7. The number of nitrogens with zero attached hydrogens (tertiary/aromatic N) is 6. The molecule has 3 aromatic heterocycles. The third kappa shape index (κ3) is 4.27. The fourth-order valence-corrected chi connectivity index (χ4v) is 6.62. The Morgan fingerprint density at radius 2 is 1.95 bits per heavy atom. The third-order valence-corrected chi connectivity index (χ3v) is 8.83. The van der Waals surface area contributed by atoms with Crippen molar-refractivity contribution in [2.75, 3.05) is 24.6 Å². The second kappa shape index (κ2) is 10.1. The molecule has 4 aromatic rings. The first-order valence-electron chi connectivity index (χ1n) is 14.3. The van der Waals surface area contributed by atoms with Gasteiger partial charge in [0.2, 0.25) is 0 Å². The van der Waals surface area contributed by atoms with Gasteiger partial charge >= 0.3 is 5.69 Å². The van der Waals surface area contributed by atoms with Gasteiger partial charge in [-0.1, -0.05) is 37.6 Å². The van der Waals surface area contributed by atoms with Crippen molar-refractivity contribution in [3.8, 4) is 16.9 Å². The molecule has 0 radical (unpaired) electrons. The lowest BCUT2D eigenvalue weighted by molar-refractivity contribution is -0.142. The van der Waals surface area contributed by atoms with Gasteiger partial charge in [-0.2, -0.15) is 4.98 Å². The van der Waals surface area contributed by atoms with Crippen molar-refractivity contribution in [2.24, 2.45) is 0 Å². The highest BCUT2D eigenvalue weighted by atomic mass is 35.5. The van der Waals surface area contributed by atoms with Gasteiger partial charge in [0.1, 0.15) is 11.6 Å². The van der Waals surface area contributed by atoms with E-state index >= 15 is 0 Å². The molecular formula is C31H30ClFN6O3. The number of pyridine rings is 2. The van der Waals surface area contributed by atoms with Gasteiger partial charge in [0.15, 0.2) is 11.8 Å². The van der Waals surface area contributed by atoms with Gasteiger partial charge in [0, 0.05) is 24.8 Å². The molecule has 1 amide bonds. The van der Waals surface area contributed by atoms with Crippen LogP contribution in [-0.4, -0.2) is 68.2 Å². The average molecular weight is 589 g/mol. The number of piperidine rings is 1. The molecule has 3 fully saturated rings. The number of aromatic nitrogens is 4. The summed E-state index contributed by atoms with van der Waals surface area (Å²) >= 11 is 6.82. The third-order valence-electron chi connectivity index (χ3n) is 8.55. The largest absolute Gasteiger partial charge is 0.363 e. The standard InChI is InChI=1S/C31H30ClFN6O3/c1-16(2)25-27(17(3)10-11-34-25)39-29-19(13-20(32)26(35-29)18-7-4-5-8-21(18)33)28(36-31(39)41)37-12-6-9-22-23(37)14-38(22)30(40)24-15-42-24/h4-5,7-8,10-11,13,16,22-24H,6,9,12,14-15H2,1-3H3. The molecule has 0 N–H and O–H groups in total. The van der Waals surface area contributed by atoms with Crippen LogP contribution in [0.1, 0.15) is 43.9 Å². The minimum absolute atomic E-state index is 0.00349. The van der Waals surface area contributed by atoms with Crippen molar-refractivity contribution < 1.29 is 13.9 Å². The van der Waals surface area contributed by atoms with Crippen molar-refractivity contribution in [1.82, 2.24) is 24.4 Å². The zero-order valence-electron chi connectivity index (χ0n) is 23.6. The molecular weight excluding hydrogens is 559 g/mol. The van der Waals surface area contributed by atoms with Gasteiger partial charge in [-0.15, -0.1) is 0 Å². The van der Waals surface area contributed by atoms with E-state index in [1.54, 1.807) is 30.5 Å². The van der Waals surface area contributed by atoms with Crippen LogP contribution >= 0.6 is 11.6 Å². The Kier molecular flexibility index (Phi) is 6.51. The second-order valence-electron chi connectivity index (χ2n) is 11.5. The van der Waals surface area contributed by atoms with E-state index in [1.807, 2.05) is 31.7 Å². The number of fused-ring (bicyclic) bond motifs is 2. The number of rotatable bonds is 5. The van der Waals surface area contributed by atoms with E-state index in [0.717, 1.165) is 24.1 Å². The van der Waals surface area contributed by atoms with Gasteiger partial charge in [-0.05, 0) is 55.5 Å². The molecule has 1 aromatic carbocycles. The van der Waals surface area contributed by atoms with Crippen LogP contribution in [0.4, 0.5) is 10.2 Å². The normalized spacial score (nSPS) is 21.4. The van der Waals surface area contributed by atoms with E-state index in [-0.39, 0.29) is 46.3 Å². The number of aryl methyl sites for hydroxylation is 1. The van der Waals surface area contributed by atoms with E-state index in [2.05, 4.69) is 14.9 Å². The van der Waals surface area contributed by atoms with Gasteiger partial charge in [-0.25, -0.2) is 18.7 Å². The van der Waals surface area contributed by atoms with Crippen LogP contribution in [0.3, 0.4) is 0 Å². The Labute approximate surface area is 246 Å². The van der Waals surface area contributed by atoms with Crippen LogP contribution in [0.5, 0.6) is 0 Å². The average Bonchev–Trinajstić information content (AvgIpc) is 3.80. The van der Waals surface area contributed by atoms with E-state index in [4.69, 9.17) is 21.3 Å². The molecule has 0 saturated carbocycles. The first-order valence-corrected chi connectivity index (χ1v) is 14.6. The smallest absolute Gasteiger partial charge is 0.355 e. The van der Waals surface area contributed by atoms with E-state index in [0.29, 0.717) is 42.2 Å².